The van der Waals surface area contributed by atoms with Crippen LogP contribution in [-0.4, -0.2) is 4.98 Å². The smallest absolute Gasteiger partial charge is 0.226 e. The van der Waals surface area contributed by atoms with Crippen molar-refractivity contribution in [3.63, 3.8) is 0 Å². The number of aromatic nitrogens is 1. The maximum atomic E-state index is 5.53. The molecule has 0 N–H and O–H groups in total. The quantitative estimate of drug-likeness (QED) is 0.592. The molecule has 0 amide bonds. The number of rotatable bonds is 4. The summed E-state index contributed by atoms with van der Waals surface area (Å²) in [4.78, 5) is 5.74. The van der Waals surface area contributed by atoms with Gasteiger partial charge in [0, 0.05) is 20.7 Å². The van der Waals surface area contributed by atoms with E-state index in [1.807, 2.05) is 42.5 Å². The van der Waals surface area contributed by atoms with Crippen LogP contribution in [0.2, 0.25) is 0 Å². The zero-order valence-corrected chi connectivity index (χ0v) is 13.0. The minimum absolute atomic E-state index is 0.678. The molecule has 0 aliphatic heterocycles. The maximum absolute atomic E-state index is 5.53. The highest BCUT2D eigenvalue weighted by molar-refractivity contribution is 9.10. The van der Waals surface area contributed by atoms with E-state index >= 15 is 0 Å². The summed E-state index contributed by atoms with van der Waals surface area (Å²) in [5.74, 6) is 1.48. The number of nitrogens with zero attached hydrogens (tertiary/aromatic N) is 1. The molecule has 0 spiro atoms. The lowest BCUT2D eigenvalue weighted by Crippen LogP contribution is -1.82. The van der Waals surface area contributed by atoms with E-state index in [0.717, 1.165) is 21.5 Å². The molecule has 2 nitrogen and oxygen atoms in total. The Bertz CT molecular complexity index is 679. The second-order valence-corrected chi connectivity index (χ2v) is 6.22. The molecule has 0 radical (unpaired) electrons. The number of hydrogen-bond acceptors (Lipinski definition) is 3. The largest absolute Gasteiger partial charge is 0.444 e. The third-order valence-electron chi connectivity index (χ3n) is 2.77. The summed E-state index contributed by atoms with van der Waals surface area (Å²) in [5.41, 5.74) is 1.96. The van der Waals surface area contributed by atoms with Crippen LogP contribution in [0.5, 0.6) is 0 Å². The fourth-order valence-electron chi connectivity index (χ4n) is 1.77. The lowest BCUT2D eigenvalue weighted by Gasteiger charge is -1.98. The Kier molecular flexibility index (Phi) is 4.23. The molecule has 20 heavy (non-hydrogen) atoms. The molecule has 100 valence electrons. The van der Waals surface area contributed by atoms with Crippen molar-refractivity contribution in [2.45, 2.75) is 10.6 Å². The molecule has 0 saturated carbocycles. The zero-order chi connectivity index (χ0) is 13.8. The van der Waals surface area contributed by atoms with E-state index in [4.69, 9.17) is 4.42 Å². The van der Waals surface area contributed by atoms with Crippen molar-refractivity contribution in [2.75, 3.05) is 0 Å². The third kappa shape index (κ3) is 3.32. The Morgan fingerprint density at radius 3 is 2.50 bits per heavy atom. The molecule has 0 fully saturated rings. The van der Waals surface area contributed by atoms with Gasteiger partial charge in [-0.05, 0) is 36.4 Å². The third-order valence-corrected chi connectivity index (χ3v) is 4.35. The molecule has 4 heteroatoms. The lowest BCUT2D eigenvalue weighted by molar-refractivity contribution is 0.573. The van der Waals surface area contributed by atoms with E-state index < -0.39 is 0 Å². The molecule has 1 aromatic heterocycles. The van der Waals surface area contributed by atoms with E-state index in [0.29, 0.717) is 5.89 Å². The first kappa shape index (κ1) is 13.5. The van der Waals surface area contributed by atoms with E-state index in [1.54, 1.807) is 18.0 Å². The van der Waals surface area contributed by atoms with Gasteiger partial charge in [0.2, 0.25) is 5.89 Å². The molecule has 0 saturated heterocycles. The van der Waals surface area contributed by atoms with Gasteiger partial charge in [-0.3, -0.25) is 0 Å². The van der Waals surface area contributed by atoms with Gasteiger partial charge in [0.25, 0.3) is 0 Å². The molecule has 3 aromatic rings. The lowest BCUT2D eigenvalue weighted by atomic mass is 10.2. The average molecular weight is 346 g/mol. The first-order valence-electron chi connectivity index (χ1n) is 6.19. The SMILES string of the molecule is Brc1ccc(SCc2coc(-c3ccccc3)n2)cc1. The van der Waals surface area contributed by atoms with Crippen LogP contribution >= 0.6 is 27.7 Å². The van der Waals surface area contributed by atoms with Gasteiger partial charge < -0.3 is 4.42 Å². The van der Waals surface area contributed by atoms with Crippen LogP contribution in [0.3, 0.4) is 0 Å². The number of halogens is 1. The predicted octanol–water partition coefficient (Wildman–Crippen LogP) is 5.40. The Labute approximate surface area is 130 Å². The molecular formula is C16H12BrNOS. The van der Waals surface area contributed by atoms with Crippen LogP contribution < -0.4 is 0 Å². The van der Waals surface area contributed by atoms with Crippen LogP contribution in [0.25, 0.3) is 11.5 Å². The van der Waals surface area contributed by atoms with E-state index in [2.05, 4.69) is 33.0 Å². The van der Waals surface area contributed by atoms with Crippen molar-refractivity contribution in [1.82, 2.24) is 4.98 Å². The van der Waals surface area contributed by atoms with Crippen LogP contribution in [0.1, 0.15) is 5.69 Å². The molecule has 0 atom stereocenters. The van der Waals surface area contributed by atoms with Gasteiger partial charge in [-0.1, -0.05) is 34.1 Å². The Morgan fingerprint density at radius 1 is 1.00 bits per heavy atom. The Hall–Kier alpha value is -1.52. The zero-order valence-electron chi connectivity index (χ0n) is 10.6. The van der Waals surface area contributed by atoms with Gasteiger partial charge in [-0.25, -0.2) is 4.98 Å². The van der Waals surface area contributed by atoms with Crippen LogP contribution in [-0.2, 0) is 5.75 Å². The number of hydrogen-bond donors (Lipinski definition) is 0. The Morgan fingerprint density at radius 2 is 1.75 bits per heavy atom. The summed E-state index contributed by atoms with van der Waals surface area (Å²) in [7, 11) is 0. The summed E-state index contributed by atoms with van der Waals surface area (Å²) in [5, 5.41) is 0. The van der Waals surface area contributed by atoms with Gasteiger partial charge >= 0.3 is 0 Å². The van der Waals surface area contributed by atoms with Crippen LogP contribution in [0.4, 0.5) is 0 Å². The van der Waals surface area contributed by atoms with Gasteiger partial charge in [0.15, 0.2) is 0 Å². The van der Waals surface area contributed by atoms with Crippen molar-refractivity contribution in [1.29, 1.82) is 0 Å². The second-order valence-electron chi connectivity index (χ2n) is 4.25. The monoisotopic (exact) mass is 345 g/mol. The summed E-state index contributed by atoms with van der Waals surface area (Å²) in [6, 6.07) is 18.2. The fraction of sp³-hybridized carbons (Fsp3) is 0.0625. The van der Waals surface area contributed by atoms with Crippen molar-refractivity contribution in [3.8, 4) is 11.5 Å². The van der Waals surface area contributed by atoms with Gasteiger partial charge in [0.1, 0.15) is 6.26 Å². The van der Waals surface area contributed by atoms with Gasteiger partial charge in [0.05, 0.1) is 5.69 Å². The molecule has 0 aliphatic carbocycles. The first-order chi connectivity index (χ1) is 9.81. The van der Waals surface area contributed by atoms with Crippen molar-refractivity contribution >= 4 is 27.7 Å². The summed E-state index contributed by atoms with van der Waals surface area (Å²) in [6.07, 6.45) is 1.73. The minimum Gasteiger partial charge on any atom is -0.444 e. The highest BCUT2D eigenvalue weighted by Crippen LogP contribution is 2.25. The minimum atomic E-state index is 0.678. The molecule has 0 bridgehead atoms. The molecule has 0 aliphatic rings. The normalized spacial score (nSPS) is 10.7. The average Bonchev–Trinajstić information content (AvgIpc) is 2.97. The molecule has 3 rings (SSSR count). The summed E-state index contributed by atoms with van der Waals surface area (Å²) in [6.45, 7) is 0. The molecular weight excluding hydrogens is 334 g/mol. The van der Waals surface area contributed by atoms with Gasteiger partial charge in [-0.2, -0.15) is 0 Å². The molecule has 2 aromatic carbocycles. The van der Waals surface area contributed by atoms with Crippen molar-refractivity contribution in [2.24, 2.45) is 0 Å². The topological polar surface area (TPSA) is 26.0 Å². The second kappa shape index (κ2) is 6.29. The first-order valence-corrected chi connectivity index (χ1v) is 7.97. The number of oxazole rings is 1. The van der Waals surface area contributed by atoms with E-state index in [1.165, 1.54) is 4.90 Å². The standard InChI is InChI=1S/C16H12BrNOS/c17-13-6-8-15(9-7-13)20-11-14-10-19-16(18-14)12-4-2-1-3-5-12/h1-10H,11H2. The van der Waals surface area contributed by atoms with Crippen molar-refractivity contribution in [3.05, 3.63) is 71.0 Å². The van der Waals surface area contributed by atoms with Gasteiger partial charge in [-0.15, -0.1) is 11.8 Å². The Balaban J connectivity index is 1.67. The molecule has 1 heterocycles. The fourth-order valence-corrected chi connectivity index (χ4v) is 2.81. The van der Waals surface area contributed by atoms with Crippen molar-refractivity contribution < 1.29 is 4.42 Å². The summed E-state index contributed by atoms with van der Waals surface area (Å²) < 4.78 is 6.62. The highest BCUT2D eigenvalue weighted by Gasteiger charge is 2.06. The highest BCUT2D eigenvalue weighted by atomic mass is 79.9. The van der Waals surface area contributed by atoms with E-state index in [-0.39, 0.29) is 0 Å². The predicted molar refractivity (Wildman–Crippen MR) is 85.6 cm³/mol. The number of benzene rings is 2. The number of thioether (sulfide) groups is 1. The maximum Gasteiger partial charge on any atom is 0.226 e. The van der Waals surface area contributed by atoms with Crippen LogP contribution in [0.15, 0.2) is 74.6 Å². The van der Waals surface area contributed by atoms with Crippen LogP contribution in [0, 0.1) is 0 Å². The molecule has 0 unspecified atom stereocenters. The van der Waals surface area contributed by atoms with E-state index in [9.17, 15) is 0 Å². The summed E-state index contributed by atoms with van der Waals surface area (Å²) >= 11 is 5.18.